The van der Waals surface area contributed by atoms with Gasteiger partial charge in [0.15, 0.2) is 0 Å². The predicted molar refractivity (Wildman–Crippen MR) is 167 cm³/mol. The molecule has 4 aromatic carbocycles. The van der Waals surface area contributed by atoms with Gasteiger partial charge in [-0.1, -0.05) is 60.1 Å². The second-order valence-electron chi connectivity index (χ2n) is 10.2. The minimum Gasteiger partial charge on any atom is -0.357 e. The van der Waals surface area contributed by atoms with Crippen molar-refractivity contribution in [3.63, 3.8) is 0 Å². The van der Waals surface area contributed by atoms with Crippen LogP contribution >= 0.6 is 11.6 Å². The largest absolute Gasteiger partial charge is 0.357 e. The van der Waals surface area contributed by atoms with E-state index in [1.54, 1.807) is 18.2 Å². The first-order chi connectivity index (χ1) is 20.5. The molecular weight excluding hydrogens is 589 g/mol. The minimum absolute atomic E-state index is 0.0415. The Labute approximate surface area is 257 Å². The maximum absolute atomic E-state index is 14.3. The smallest absolute Gasteiger partial charge is 0.264 e. The zero-order valence-corrected chi connectivity index (χ0v) is 25.7. The van der Waals surface area contributed by atoms with Crippen LogP contribution in [0.2, 0.25) is 5.02 Å². The van der Waals surface area contributed by atoms with Gasteiger partial charge < -0.3 is 10.2 Å². The summed E-state index contributed by atoms with van der Waals surface area (Å²) in [7, 11) is -2.76. The highest BCUT2D eigenvalue weighted by molar-refractivity contribution is 7.92. The number of carbonyl (C=O) groups excluding carboxylic acids is 2. The Balaban J connectivity index is 1.80. The van der Waals surface area contributed by atoms with Crippen LogP contribution in [0.15, 0.2) is 102 Å². The van der Waals surface area contributed by atoms with Crippen molar-refractivity contribution in [2.24, 2.45) is 0 Å². The molecule has 4 aromatic rings. The van der Waals surface area contributed by atoms with E-state index in [0.29, 0.717) is 16.3 Å². The molecule has 7 nitrogen and oxygen atoms in total. The van der Waals surface area contributed by atoms with E-state index in [9.17, 15) is 22.4 Å². The molecule has 0 unspecified atom stereocenters. The van der Waals surface area contributed by atoms with Crippen LogP contribution in [0.5, 0.6) is 0 Å². The Morgan fingerprint density at radius 1 is 0.860 bits per heavy atom. The van der Waals surface area contributed by atoms with Crippen LogP contribution in [-0.4, -0.2) is 44.8 Å². The molecule has 224 valence electrons. The number of sulfonamides is 1. The van der Waals surface area contributed by atoms with Crippen molar-refractivity contribution in [1.29, 1.82) is 0 Å². The highest BCUT2D eigenvalue weighted by Gasteiger charge is 2.34. The molecular formula is C33H33ClFN3O4S. The van der Waals surface area contributed by atoms with Crippen LogP contribution in [0.25, 0.3) is 0 Å². The first-order valence-corrected chi connectivity index (χ1v) is 15.5. The summed E-state index contributed by atoms with van der Waals surface area (Å²) in [5.74, 6) is -1.47. The number of hydrogen-bond donors (Lipinski definition) is 1. The highest BCUT2D eigenvalue weighted by atomic mass is 35.5. The Bertz CT molecular complexity index is 1680. The molecule has 10 heteroatoms. The second kappa shape index (κ2) is 13.8. The fourth-order valence-corrected chi connectivity index (χ4v) is 6.18. The zero-order chi connectivity index (χ0) is 31.1. The Morgan fingerprint density at radius 3 is 2.12 bits per heavy atom. The molecule has 0 saturated heterocycles. The number of hydrogen-bond acceptors (Lipinski definition) is 4. The van der Waals surface area contributed by atoms with Crippen molar-refractivity contribution < 1.29 is 22.4 Å². The minimum atomic E-state index is -4.24. The lowest BCUT2D eigenvalue weighted by Crippen LogP contribution is -2.53. The maximum Gasteiger partial charge on any atom is 0.264 e. The fraction of sp³-hybridized carbons (Fsp3) is 0.212. The number of carbonyl (C=O) groups is 2. The van der Waals surface area contributed by atoms with Crippen molar-refractivity contribution in [1.82, 2.24) is 10.2 Å². The van der Waals surface area contributed by atoms with Crippen LogP contribution in [0.3, 0.4) is 0 Å². The van der Waals surface area contributed by atoms with Crippen LogP contribution < -0.4 is 9.62 Å². The molecule has 0 aromatic heterocycles. The zero-order valence-electron chi connectivity index (χ0n) is 24.1. The molecule has 0 bridgehead atoms. The Hall–Kier alpha value is -4.21. The number of aryl methyl sites for hydroxylation is 2. The third-order valence-corrected chi connectivity index (χ3v) is 9.28. The normalized spacial score (nSPS) is 11.9. The summed E-state index contributed by atoms with van der Waals surface area (Å²) in [6.45, 7) is 3.13. The summed E-state index contributed by atoms with van der Waals surface area (Å²) >= 11 is 6.02. The Kier molecular flexibility index (Phi) is 10.2. The van der Waals surface area contributed by atoms with E-state index >= 15 is 0 Å². The van der Waals surface area contributed by atoms with Crippen molar-refractivity contribution in [2.75, 3.05) is 17.9 Å². The number of nitrogens with one attached hydrogen (secondary N) is 1. The fourth-order valence-electron chi connectivity index (χ4n) is 4.65. The van der Waals surface area contributed by atoms with E-state index in [4.69, 9.17) is 11.6 Å². The third kappa shape index (κ3) is 7.80. The van der Waals surface area contributed by atoms with Gasteiger partial charge in [-0.2, -0.15) is 0 Å². The molecule has 0 saturated carbocycles. The number of benzene rings is 4. The SMILES string of the molecule is CNC(=O)[C@@H](Cc1ccccc1)N(Cc1ccc(F)cc1)C(=O)CN(c1ccc(C)c(C)c1)S(=O)(=O)c1ccc(Cl)cc1. The van der Waals surface area contributed by atoms with Gasteiger partial charge in [-0.15, -0.1) is 0 Å². The number of anilines is 1. The van der Waals surface area contributed by atoms with Gasteiger partial charge in [-0.3, -0.25) is 13.9 Å². The summed E-state index contributed by atoms with van der Waals surface area (Å²) in [6.07, 6.45) is 0.182. The van der Waals surface area contributed by atoms with Gasteiger partial charge in [0.2, 0.25) is 11.8 Å². The topological polar surface area (TPSA) is 86.8 Å². The number of rotatable bonds is 11. The number of likely N-dealkylation sites (N-methyl/N-ethyl adjacent to an activating group) is 1. The number of halogens is 2. The summed E-state index contributed by atoms with van der Waals surface area (Å²) in [5.41, 5.74) is 3.49. The van der Waals surface area contributed by atoms with E-state index < -0.39 is 40.2 Å². The number of nitrogens with zero attached hydrogens (tertiary/aromatic N) is 2. The summed E-state index contributed by atoms with van der Waals surface area (Å²) in [5, 5.41) is 3.01. The molecule has 0 radical (unpaired) electrons. The van der Waals surface area contributed by atoms with Gasteiger partial charge in [-0.05, 0) is 84.6 Å². The average molecular weight is 622 g/mol. The van der Waals surface area contributed by atoms with Gasteiger partial charge in [0, 0.05) is 25.0 Å². The molecule has 0 aliphatic carbocycles. The van der Waals surface area contributed by atoms with E-state index in [1.807, 2.05) is 44.2 Å². The van der Waals surface area contributed by atoms with Gasteiger partial charge in [0.25, 0.3) is 10.0 Å². The second-order valence-corrected chi connectivity index (χ2v) is 12.5. The van der Waals surface area contributed by atoms with Gasteiger partial charge in [0.05, 0.1) is 10.6 Å². The predicted octanol–water partition coefficient (Wildman–Crippen LogP) is 5.68. The first-order valence-electron chi connectivity index (χ1n) is 13.6. The molecule has 2 amide bonds. The molecule has 1 atom stereocenters. The lowest BCUT2D eigenvalue weighted by atomic mass is 10.0. The van der Waals surface area contributed by atoms with Crippen molar-refractivity contribution >= 4 is 39.1 Å². The molecule has 4 rings (SSSR count). The van der Waals surface area contributed by atoms with Crippen LogP contribution in [0, 0.1) is 19.7 Å². The molecule has 43 heavy (non-hydrogen) atoms. The van der Waals surface area contributed by atoms with E-state index in [2.05, 4.69) is 5.32 Å². The van der Waals surface area contributed by atoms with Crippen molar-refractivity contribution in [3.8, 4) is 0 Å². The molecule has 0 spiro atoms. The average Bonchev–Trinajstić information content (AvgIpc) is 3.00. The van der Waals surface area contributed by atoms with Crippen molar-refractivity contribution in [2.45, 2.75) is 37.8 Å². The molecule has 0 heterocycles. The molecule has 0 fully saturated rings. The lowest BCUT2D eigenvalue weighted by molar-refractivity contribution is -0.139. The van der Waals surface area contributed by atoms with Crippen LogP contribution in [0.1, 0.15) is 22.3 Å². The van der Waals surface area contributed by atoms with E-state index in [1.165, 1.54) is 60.5 Å². The number of amides is 2. The molecule has 1 N–H and O–H groups in total. The highest BCUT2D eigenvalue weighted by Crippen LogP contribution is 2.27. The van der Waals surface area contributed by atoms with Gasteiger partial charge in [0.1, 0.15) is 18.4 Å². The maximum atomic E-state index is 14.3. The molecule has 0 aliphatic heterocycles. The van der Waals surface area contributed by atoms with E-state index in [-0.39, 0.29) is 17.9 Å². The monoisotopic (exact) mass is 621 g/mol. The summed E-state index contributed by atoms with van der Waals surface area (Å²) < 4.78 is 42.8. The summed E-state index contributed by atoms with van der Waals surface area (Å²) in [4.78, 5) is 28.9. The van der Waals surface area contributed by atoms with Gasteiger partial charge in [-0.25, -0.2) is 12.8 Å². The van der Waals surface area contributed by atoms with Crippen molar-refractivity contribution in [3.05, 3.63) is 130 Å². The van der Waals surface area contributed by atoms with E-state index in [0.717, 1.165) is 21.0 Å². The summed E-state index contributed by atoms with van der Waals surface area (Å²) in [6, 6.07) is 24.7. The quantitative estimate of drug-likeness (QED) is 0.234. The Morgan fingerprint density at radius 2 is 1.51 bits per heavy atom. The lowest BCUT2D eigenvalue weighted by Gasteiger charge is -2.33. The third-order valence-electron chi connectivity index (χ3n) is 7.24. The van der Waals surface area contributed by atoms with Crippen LogP contribution in [-0.2, 0) is 32.6 Å². The molecule has 0 aliphatic rings. The van der Waals surface area contributed by atoms with Crippen LogP contribution in [0.4, 0.5) is 10.1 Å². The standard InChI is InChI=1S/C33H33ClFN3O4S/c1-23-9-16-29(19-24(23)2)38(43(41,42)30-17-12-27(34)13-18-30)22-32(39)37(21-26-10-14-28(35)15-11-26)31(33(40)36-3)20-25-7-5-4-6-8-25/h4-19,31H,20-22H2,1-3H3,(H,36,40)/t31-/m1/s1. The van der Waals surface area contributed by atoms with Gasteiger partial charge >= 0.3 is 0 Å². The first kappa shape index (κ1) is 31.7.